The minimum absolute atomic E-state index is 0.203. The molecule has 1 amide bonds. The monoisotopic (exact) mass is 537 g/mol. The minimum atomic E-state index is -3.76. The Morgan fingerprint density at radius 2 is 1.66 bits per heavy atom. The van der Waals surface area contributed by atoms with Gasteiger partial charge in [0.05, 0.1) is 19.0 Å². The zero-order valence-corrected chi connectivity index (χ0v) is 22.0. The maximum Gasteiger partial charge on any atom is 0.321 e. The summed E-state index contributed by atoms with van der Waals surface area (Å²) >= 11 is 0. The van der Waals surface area contributed by atoms with Gasteiger partial charge in [0.25, 0.3) is 5.91 Å². The molecule has 10 nitrogen and oxygen atoms in total. The molecule has 38 heavy (non-hydrogen) atoms. The molecule has 0 saturated heterocycles. The van der Waals surface area contributed by atoms with Crippen LogP contribution in [-0.4, -0.2) is 48.2 Å². The van der Waals surface area contributed by atoms with Crippen LogP contribution in [0.4, 0.5) is 5.95 Å². The number of carbonyl (C=O) groups excluding carboxylic acids is 1. The number of rotatable bonds is 15. The average Bonchev–Trinajstić information content (AvgIpc) is 2.88. The predicted molar refractivity (Wildman–Crippen MR) is 146 cm³/mol. The molecule has 0 fully saturated rings. The molecule has 2 N–H and O–H groups in total. The van der Waals surface area contributed by atoms with Gasteiger partial charge in [-0.2, -0.15) is 15.0 Å². The van der Waals surface area contributed by atoms with E-state index in [0.29, 0.717) is 38.0 Å². The van der Waals surface area contributed by atoms with Crippen LogP contribution in [0.3, 0.4) is 0 Å². The quantitative estimate of drug-likeness (QED) is 0.220. The molecule has 0 spiro atoms. The van der Waals surface area contributed by atoms with Crippen molar-refractivity contribution in [3.63, 3.8) is 0 Å². The second kappa shape index (κ2) is 13.9. The molecule has 200 valence electrons. The molecule has 1 aromatic heterocycles. The summed E-state index contributed by atoms with van der Waals surface area (Å²) in [6.07, 6.45) is 4.16. The summed E-state index contributed by atoms with van der Waals surface area (Å²) in [5.74, 6) is 0.583. The van der Waals surface area contributed by atoms with Gasteiger partial charge in [-0.05, 0) is 48.7 Å². The van der Waals surface area contributed by atoms with Crippen molar-refractivity contribution in [3.8, 4) is 11.8 Å². The van der Waals surface area contributed by atoms with Crippen LogP contribution < -0.4 is 19.5 Å². The highest BCUT2D eigenvalue weighted by atomic mass is 32.2. The Labute approximate surface area is 222 Å². The van der Waals surface area contributed by atoms with E-state index in [-0.39, 0.29) is 17.3 Å². The highest BCUT2D eigenvalue weighted by Gasteiger charge is 2.15. The van der Waals surface area contributed by atoms with Gasteiger partial charge in [0.15, 0.2) is 0 Å². The van der Waals surface area contributed by atoms with Gasteiger partial charge in [0.2, 0.25) is 16.0 Å². The first-order valence-electron chi connectivity index (χ1n) is 12.0. The fourth-order valence-electron chi connectivity index (χ4n) is 3.25. The molecule has 3 rings (SSSR count). The number of anilines is 1. The summed E-state index contributed by atoms with van der Waals surface area (Å²) in [7, 11) is -3.76. The van der Waals surface area contributed by atoms with E-state index in [1.807, 2.05) is 42.0 Å². The van der Waals surface area contributed by atoms with Gasteiger partial charge < -0.3 is 14.8 Å². The maximum atomic E-state index is 12.2. The molecule has 0 radical (unpaired) electrons. The van der Waals surface area contributed by atoms with E-state index < -0.39 is 15.9 Å². The van der Waals surface area contributed by atoms with Crippen molar-refractivity contribution in [2.45, 2.75) is 26.3 Å². The van der Waals surface area contributed by atoms with Crippen molar-refractivity contribution in [1.82, 2.24) is 19.7 Å². The zero-order valence-electron chi connectivity index (χ0n) is 21.2. The van der Waals surface area contributed by atoms with Crippen LogP contribution in [0.25, 0.3) is 0 Å². The van der Waals surface area contributed by atoms with Crippen molar-refractivity contribution < 1.29 is 22.7 Å². The van der Waals surface area contributed by atoms with Gasteiger partial charge >= 0.3 is 6.01 Å². The van der Waals surface area contributed by atoms with Gasteiger partial charge in [0.1, 0.15) is 11.6 Å². The largest absolute Gasteiger partial charge is 0.493 e. The second-order valence-electron chi connectivity index (χ2n) is 8.09. The number of aromatic nitrogens is 3. The molecule has 0 unspecified atom stereocenters. The van der Waals surface area contributed by atoms with E-state index in [9.17, 15) is 13.2 Å². The van der Waals surface area contributed by atoms with Crippen molar-refractivity contribution in [1.29, 1.82) is 0 Å². The third kappa shape index (κ3) is 9.00. The van der Waals surface area contributed by atoms with Crippen LogP contribution in [0, 0.1) is 0 Å². The molecule has 2 aromatic carbocycles. The second-order valence-corrected chi connectivity index (χ2v) is 9.86. The smallest absolute Gasteiger partial charge is 0.321 e. The summed E-state index contributed by atoms with van der Waals surface area (Å²) in [4.78, 5) is 25.4. The number of benzene rings is 2. The van der Waals surface area contributed by atoms with Crippen LogP contribution in [0.15, 0.2) is 73.8 Å². The summed E-state index contributed by atoms with van der Waals surface area (Å²) in [6, 6.07) is 14.5. The fourth-order valence-corrected chi connectivity index (χ4v) is 4.04. The van der Waals surface area contributed by atoms with Crippen molar-refractivity contribution >= 4 is 21.9 Å². The molecule has 0 aliphatic carbocycles. The molecular weight excluding hydrogens is 506 g/mol. The lowest BCUT2D eigenvalue weighted by atomic mass is 10.1. The Hall–Kier alpha value is -4.25. The van der Waals surface area contributed by atoms with Crippen LogP contribution in [-0.2, 0) is 23.0 Å². The Kier molecular flexibility index (Phi) is 10.4. The fraction of sp³-hybridized carbons (Fsp3) is 0.259. The minimum Gasteiger partial charge on any atom is -0.493 e. The summed E-state index contributed by atoms with van der Waals surface area (Å²) in [6.45, 7) is 10.4. The molecule has 11 heteroatoms. The number of ether oxygens (including phenoxy) is 2. The van der Waals surface area contributed by atoms with Crippen LogP contribution >= 0.6 is 0 Å². The number of hydrogen-bond donors (Lipinski definition) is 2. The topological polar surface area (TPSA) is 132 Å². The molecule has 1 heterocycles. The normalized spacial score (nSPS) is 10.9. The van der Waals surface area contributed by atoms with E-state index in [4.69, 9.17) is 9.47 Å². The van der Waals surface area contributed by atoms with E-state index in [2.05, 4.69) is 33.4 Å². The first-order chi connectivity index (χ1) is 18.3. The Morgan fingerprint density at radius 1 is 0.947 bits per heavy atom. The van der Waals surface area contributed by atoms with Gasteiger partial charge in [-0.1, -0.05) is 36.4 Å². The number of nitrogens with zero attached hydrogens (tertiary/aromatic N) is 3. The first kappa shape index (κ1) is 28.3. The van der Waals surface area contributed by atoms with E-state index in [1.54, 1.807) is 24.3 Å². The maximum absolute atomic E-state index is 12.2. The molecule has 0 aliphatic rings. The van der Waals surface area contributed by atoms with Crippen molar-refractivity contribution in [3.05, 3.63) is 96.4 Å². The number of hydrogen-bond acceptors (Lipinski definition) is 9. The lowest BCUT2D eigenvalue weighted by Gasteiger charge is -2.10. The van der Waals surface area contributed by atoms with Crippen LogP contribution in [0.1, 0.15) is 40.7 Å². The molecule has 0 atom stereocenters. The summed E-state index contributed by atoms with van der Waals surface area (Å²) in [5, 5.41) is 3.20. The molecule has 0 aliphatic heterocycles. The molecular formula is C27H31N5O5S. The highest BCUT2D eigenvalue weighted by molar-refractivity contribution is 7.90. The van der Waals surface area contributed by atoms with Gasteiger partial charge in [-0.15, -0.1) is 13.2 Å². The average molecular weight is 538 g/mol. The van der Waals surface area contributed by atoms with E-state index in [0.717, 1.165) is 23.3 Å². The Morgan fingerprint density at radius 3 is 2.32 bits per heavy atom. The SMILES string of the molecule is C=CCCOc1ccc(CNc2nc(Cc3ccc(C(=O)NS(=O)(=O)CC=C)cc3)nc(OCC)n2)cc1. The molecule has 0 saturated carbocycles. The van der Waals surface area contributed by atoms with Crippen molar-refractivity contribution in [2.24, 2.45) is 0 Å². The first-order valence-corrected chi connectivity index (χ1v) is 13.7. The number of nitrogens with one attached hydrogen (secondary N) is 2. The third-order valence-corrected chi connectivity index (χ3v) is 6.23. The van der Waals surface area contributed by atoms with Gasteiger partial charge in [-0.3, -0.25) is 4.79 Å². The summed E-state index contributed by atoms with van der Waals surface area (Å²) in [5.41, 5.74) is 2.05. The van der Waals surface area contributed by atoms with E-state index >= 15 is 0 Å². The number of sulfonamides is 1. The predicted octanol–water partition coefficient (Wildman–Crippen LogP) is 3.67. The Bertz CT molecular complexity index is 1340. The number of amides is 1. The van der Waals surface area contributed by atoms with Crippen LogP contribution in [0.2, 0.25) is 0 Å². The number of carbonyl (C=O) groups is 1. The lowest BCUT2D eigenvalue weighted by Crippen LogP contribution is -2.31. The lowest BCUT2D eigenvalue weighted by molar-refractivity contribution is 0.0981. The Balaban J connectivity index is 1.66. The van der Waals surface area contributed by atoms with Crippen molar-refractivity contribution in [2.75, 3.05) is 24.3 Å². The van der Waals surface area contributed by atoms with Crippen LogP contribution in [0.5, 0.6) is 11.8 Å². The van der Waals surface area contributed by atoms with E-state index in [1.165, 1.54) is 6.08 Å². The third-order valence-electron chi connectivity index (χ3n) is 5.06. The standard InChI is InChI=1S/C27H31N5O5S/c1-4-7-16-37-23-14-10-21(11-15-23)19-28-26-29-24(30-27(31-26)36-6-3)18-20-8-12-22(13-9-20)25(33)32-38(34,35)17-5-2/h4-5,8-15H,1-2,6-7,16-19H2,3H3,(H,32,33)(H,28,29,30,31). The van der Waals surface area contributed by atoms with Gasteiger partial charge in [0, 0.05) is 18.5 Å². The molecule has 0 bridgehead atoms. The molecule has 3 aromatic rings. The summed E-state index contributed by atoms with van der Waals surface area (Å²) < 4.78 is 36.7. The highest BCUT2D eigenvalue weighted by Crippen LogP contribution is 2.16. The van der Waals surface area contributed by atoms with Gasteiger partial charge in [-0.25, -0.2) is 13.1 Å². The zero-order chi connectivity index (χ0) is 27.4.